The average molecular weight is 627 g/mol. The molecule has 1 rings (SSSR count). The van der Waals surface area contributed by atoms with Gasteiger partial charge in [0.1, 0.15) is 6.54 Å². The van der Waals surface area contributed by atoms with E-state index in [1.165, 1.54) is 225 Å². The summed E-state index contributed by atoms with van der Waals surface area (Å²) in [4.78, 5) is 0. The van der Waals surface area contributed by atoms with Gasteiger partial charge in [0.2, 0.25) is 0 Å². The number of pyridine rings is 1. The van der Waals surface area contributed by atoms with Gasteiger partial charge in [0.15, 0.2) is 12.4 Å². The van der Waals surface area contributed by atoms with Gasteiger partial charge in [0, 0.05) is 18.1 Å². The number of hydrogen-bond donors (Lipinski definition) is 0. The molecule has 0 N–H and O–H groups in total. The number of aromatic nitrogens is 1. The van der Waals surface area contributed by atoms with Gasteiger partial charge < -0.3 is 0 Å². The summed E-state index contributed by atoms with van der Waals surface area (Å²) in [5.74, 6) is 0. The van der Waals surface area contributed by atoms with Crippen molar-refractivity contribution >= 4 is 0 Å². The zero-order chi connectivity index (χ0) is 32.3. The van der Waals surface area contributed by atoms with Crippen molar-refractivity contribution in [2.45, 2.75) is 252 Å². The van der Waals surface area contributed by atoms with E-state index in [1.807, 2.05) is 0 Å². The molecule has 0 aliphatic rings. The molecule has 0 bridgehead atoms. The van der Waals surface area contributed by atoms with Gasteiger partial charge in [-0.3, -0.25) is 0 Å². The van der Waals surface area contributed by atoms with Crippen LogP contribution >= 0.6 is 0 Å². The minimum Gasteiger partial charge on any atom is -0.205 e. The summed E-state index contributed by atoms with van der Waals surface area (Å²) in [5, 5.41) is 0. The molecule has 1 aromatic rings. The fourth-order valence-corrected chi connectivity index (χ4v) is 7.21. The van der Waals surface area contributed by atoms with E-state index >= 15 is 0 Å². The van der Waals surface area contributed by atoms with Gasteiger partial charge in [-0.05, 0) is 31.2 Å². The van der Waals surface area contributed by atoms with Crippen molar-refractivity contribution in [1.29, 1.82) is 0 Å². The summed E-state index contributed by atoms with van der Waals surface area (Å²) in [6.45, 7) is 8.08. The maximum Gasteiger partial charge on any atom is 0.172 e. The molecule has 0 amide bonds. The smallest absolute Gasteiger partial charge is 0.172 e. The van der Waals surface area contributed by atoms with Gasteiger partial charge in [-0.1, -0.05) is 213 Å². The average Bonchev–Trinajstić information content (AvgIpc) is 3.05. The van der Waals surface area contributed by atoms with E-state index in [0.29, 0.717) is 0 Å². The first-order chi connectivity index (χ1) is 22.3. The molecule has 0 spiro atoms. The number of hydrogen-bond acceptors (Lipinski definition) is 0. The molecule has 1 heterocycles. The molecule has 0 saturated heterocycles. The van der Waals surface area contributed by atoms with Crippen LogP contribution in [-0.4, -0.2) is 0 Å². The van der Waals surface area contributed by atoms with E-state index in [4.69, 9.17) is 0 Å². The lowest BCUT2D eigenvalue weighted by molar-refractivity contribution is -0.697. The third kappa shape index (κ3) is 27.9. The Morgan fingerprint density at radius 1 is 0.333 bits per heavy atom. The minimum absolute atomic E-state index is 1.16. The molecule has 45 heavy (non-hydrogen) atoms. The largest absolute Gasteiger partial charge is 0.205 e. The molecule has 1 nitrogen and oxygen atoms in total. The first-order valence-corrected chi connectivity index (χ1v) is 21.3. The third-order valence-corrected chi connectivity index (χ3v) is 10.3. The topological polar surface area (TPSA) is 3.88 Å². The van der Waals surface area contributed by atoms with Crippen LogP contribution in [0, 0.1) is 0 Å². The highest BCUT2D eigenvalue weighted by Gasteiger charge is 2.09. The van der Waals surface area contributed by atoms with E-state index < -0.39 is 0 Å². The molecule has 0 unspecified atom stereocenters. The van der Waals surface area contributed by atoms with Crippen LogP contribution < -0.4 is 4.57 Å². The van der Waals surface area contributed by atoms with Crippen molar-refractivity contribution < 1.29 is 4.57 Å². The van der Waals surface area contributed by atoms with Crippen molar-refractivity contribution in [2.24, 2.45) is 0 Å². The Balaban J connectivity index is 2.05. The Morgan fingerprint density at radius 3 is 0.933 bits per heavy atom. The minimum atomic E-state index is 1.16. The van der Waals surface area contributed by atoms with Crippen LogP contribution in [0.1, 0.15) is 244 Å². The highest BCUT2D eigenvalue weighted by atomic mass is 14.9. The van der Waals surface area contributed by atoms with Crippen molar-refractivity contribution in [2.75, 3.05) is 0 Å². The van der Waals surface area contributed by atoms with E-state index in [1.54, 1.807) is 11.1 Å². The Kier molecular flexibility index (Phi) is 32.3. The first-order valence-electron chi connectivity index (χ1n) is 21.3. The van der Waals surface area contributed by atoms with Gasteiger partial charge in [-0.15, -0.1) is 0 Å². The molecule has 0 aliphatic carbocycles. The number of aryl methyl sites for hydroxylation is 3. The molecule has 264 valence electrons. The van der Waals surface area contributed by atoms with Gasteiger partial charge in [0.25, 0.3) is 0 Å². The van der Waals surface area contributed by atoms with E-state index in [9.17, 15) is 0 Å². The fourth-order valence-electron chi connectivity index (χ4n) is 7.21. The van der Waals surface area contributed by atoms with Gasteiger partial charge >= 0.3 is 0 Å². The summed E-state index contributed by atoms with van der Waals surface area (Å²) in [7, 11) is 0. The zero-order valence-corrected chi connectivity index (χ0v) is 31.6. The lowest BCUT2D eigenvalue weighted by Gasteiger charge is -2.09. The fraction of sp³-hybridized carbons (Fsp3) is 0.886. The van der Waals surface area contributed by atoms with Gasteiger partial charge in [-0.2, -0.15) is 0 Å². The molecule has 0 atom stereocenters. The Bertz CT molecular complexity index is 709. The molecular formula is C44H84N+. The quantitative estimate of drug-likeness (QED) is 0.0515. The predicted octanol–water partition coefficient (Wildman–Crippen LogP) is 15.0. The number of rotatable bonds is 36. The Labute approximate surface area is 285 Å². The summed E-state index contributed by atoms with van der Waals surface area (Å²) in [6.07, 6.45) is 55.1. The van der Waals surface area contributed by atoms with Crippen molar-refractivity contribution in [3.63, 3.8) is 0 Å². The maximum absolute atomic E-state index is 2.50. The SMILES string of the molecule is CCCCCCCCCCCCCCCCCCc1cc[n+](CCC)cc1CCCCCCCCCCCCCCCCCC. The van der Waals surface area contributed by atoms with Gasteiger partial charge in [-0.25, -0.2) is 4.57 Å². The van der Waals surface area contributed by atoms with Crippen LogP contribution in [0.4, 0.5) is 0 Å². The summed E-state index contributed by atoms with van der Waals surface area (Å²) >= 11 is 0. The monoisotopic (exact) mass is 627 g/mol. The number of unbranched alkanes of at least 4 members (excludes halogenated alkanes) is 30. The standard InChI is InChI=1S/C44H84N/c1-4-7-9-11-13-15-17-19-21-23-25-27-29-31-33-35-37-43-39-41-45(40-6-3)42-44(43)38-36-34-32-30-28-26-24-22-20-18-16-14-12-10-8-5-2/h39,41-42H,4-38,40H2,1-3H3/q+1. The number of nitrogens with zero attached hydrogens (tertiary/aromatic N) is 1. The van der Waals surface area contributed by atoms with Crippen LogP contribution in [-0.2, 0) is 19.4 Å². The Morgan fingerprint density at radius 2 is 0.622 bits per heavy atom. The zero-order valence-electron chi connectivity index (χ0n) is 31.6. The van der Waals surface area contributed by atoms with Gasteiger partial charge in [0.05, 0.1) is 0 Å². The lowest BCUT2D eigenvalue weighted by atomic mass is 9.97. The second-order valence-corrected chi connectivity index (χ2v) is 14.8. The molecule has 1 heteroatoms. The highest BCUT2D eigenvalue weighted by molar-refractivity contribution is 5.21. The van der Waals surface area contributed by atoms with Crippen molar-refractivity contribution in [3.8, 4) is 0 Å². The summed E-state index contributed by atoms with van der Waals surface area (Å²) < 4.78 is 2.44. The second kappa shape index (κ2) is 34.5. The molecule has 0 fully saturated rings. The molecule has 0 saturated carbocycles. The molecular weight excluding hydrogens is 542 g/mol. The van der Waals surface area contributed by atoms with E-state index in [0.717, 1.165) is 6.54 Å². The summed E-state index contributed by atoms with van der Waals surface area (Å²) in [5.41, 5.74) is 3.30. The van der Waals surface area contributed by atoms with E-state index in [-0.39, 0.29) is 0 Å². The molecule has 0 aromatic carbocycles. The van der Waals surface area contributed by atoms with Crippen LogP contribution in [0.3, 0.4) is 0 Å². The van der Waals surface area contributed by atoms with Crippen LogP contribution in [0.5, 0.6) is 0 Å². The third-order valence-electron chi connectivity index (χ3n) is 10.3. The van der Waals surface area contributed by atoms with Crippen molar-refractivity contribution in [1.82, 2.24) is 0 Å². The highest BCUT2D eigenvalue weighted by Crippen LogP contribution is 2.18. The first kappa shape index (κ1) is 42.2. The molecule has 0 aliphatic heterocycles. The maximum atomic E-state index is 2.50. The van der Waals surface area contributed by atoms with E-state index in [2.05, 4.69) is 43.8 Å². The molecule has 0 radical (unpaired) electrons. The van der Waals surface area contributed by atoms with Crippen molar-refractivity contribution in [3.05, 3.63) is 29.6 Å². The van der Waals surface area contributed by atoms with Crippen LogP contribution in [0.2, 0.25) is 0 Å². The predicted molar refractivity (Wildman–Crippen MR) is 203 cm³/mol. The summed E-state index contributed by atoms with van der Waals surface area (Å²) in [6, 6.07) is 2.46. The molecule has 1 aromatic heterocycles. The lowest BCUT2D eigenvalue weighted by Crippen LogP contribution is -2.33. The Hall–Kier alpha value is -0.850. The van der Waals surface area contributed by atoms with Crippen LogP contribution in [0.25, 0.3) is 0 Å². The van der Waals surface area contributed by atoms with Crippen LogP contribution in [0.15, 0.2) is 18.5 Å². The normalized spacial score (nSPS) is 11.5. The second-order valence-electron chi connectivity index (χ2n) is 14.8.